The Morgan fingerprint density at radius 3 is 2.60 bits per heavy atom. The second-order valence-corrected chi connectivity index (χ2v) is 7.78. The monoisotopic (exact) mass is 346 g/mol. The summed E-state index contributed by atoms with van der Waals surface area (Å²) in [5, 5.41) is 2.94. The quantitative estimate of drug-likeness (QED) is 0.833. The minimum atomic E-state index is -0.774. The van der Waals surface area contributed by atoms with Crippen molar-refractivity contribution in [2.45, 2.75) is 53.1 Å². The number of carbonyl (C=O) groups excluding carboxylic acids is 2. The number of hydrogen-bond acceptors (Lipinski definition) is 4. The van der Waals surface area contributed by atoms with Gasteiger partial charge in [0.05, 0.1) is 12.6 Å². The van der Waals surface area contributed by atoms with Crippen molar-refractivity contribution in [1.29, 1.82) is 0 Å². The molecule has 1 aromatic rings. The largest absolute Gasteiger partial charge is 0.464 e. The number of likely N-dealkylation sites (tertiary alicyclic amines) is 1. The minimum Gasteiger partial charge on any atom is -0.464 e. The molecule has 5 nitrogen and oxygen atoms in total. The van der Waals surface area contributed by atoms with E-state index >= 15 is 0 Å². The van der Waals surface area contributed by atoms with Gasteiger partial charge in [0.2, 0.25) is 5.91 Å². The molecule has 1 saturated heterocycles. The molecule has 0 saturated carbocycles. The van der Waals surface area contributed by atoms with Gasteiger partial charge in [-0.15, -0.1) is 0 Å². The second kappa shape index (κ2) is 7.56. The van der Waals surface area contributed by atoms with E-state index in [1.165, 1.54) is 0 Å². The van der Waals surface area contributed by atoms with E-state index in [-0.39, 0.29) is 24.0 Å². The summed E-state index contributed by atoms with van der Waals surface area (Å²) in [5.41, 5.74) is 2.97. The highest BCUT2D eigenvalue weighted by Gasteiger charge is 2.40. The van der Waals surface area contributed by atoms with Crippen LogP contribution in [0.15, 0.2) is 18.2 Å². The Kier molecular flexibility index (Phi) is 5.88. The fourth-order valence-electron chi connectivity index (χ4n) is 3.64. The molecule has 1 aromatic carbocycles. The maximum atomic E-state index is 12.9. The molecule has 0 radical (unpaired) electrons. The van der Waals surface area contributed by atoms with Crippen LogP contribution in [0, 0.1) is 19.3 Å². The Labute approximate surface area is 150 Å². The van der Waals surface area contributed by atoms with Crippen molar-refractivity contribution < 1.29 is 14.3 Å². The standard InChI is InChI=1S/C20H30N2O3/c1-7-25-19(24)17(15-10-8-9-13(2)14(15)3)21-18(23)16-11-20(4,5)12-22(16)6/h8-10,16-17H,7,11-12H2,1-6H3,(H,21,23). The summed E-state index contributed by atoms with van der Waals surface area (Å²) in [6.45, 7) is 11.2. The molecule has 1 aliphatic heterocycles. The third kappa shape index (κ3) is 4.40. The number of aryl methyl sites for hydroxylation is 1. The van der Waals surface area contributed by atoms with Crippen molar-refractivity contribution >= 4 is 11.9 Å². The van der Waals surface area contributed by atoms with Gasteiger partial charge >= 0.3 is 5.97 Å². The first kappa shape index (κ1) is 19.4. The predicted molar refractivity (Wildman–Crippen MR) is 98.2 cm³/mol. The van der Waals surface area contributed by atoms with E-state index in [9.17, 15) is 9.59 Å². The van der Waals surface area contributed by atoms with Gasteiger partial charge in [0.15, 0.2) is 6.04 Å². The lowest BCUT2D eigenvalue weighted by molar-refractivity contribution is -0.148. The van der Waals surface area contributed by atoms with E-state index in [2.05, 4.69) is 24.1 Å². The maximum Gasteiger partial charge on any atom is 0.333 e. The van der Waals surface area contributed by atoms with Gasteiger partial charge in [0.25, 0.3) is 0 Å². The number of hydrogen-bond donors (Lipinski definition) is 1. The predicted octanol–water partition coefficient (Wildman–Crippen LogP) is 2.75. The number of amides is 1. The molecule has 1 fully saturated rings. The summed E-state index contributed by atoms with van der Waals surface area (Å²) >= 11 is 0. The van der Waals surface area contributed by atoms with Gasteiger partial charge in [-0.2, -0.15) is 0 Å². The van der Waals surface area contributed by atoms with Crippen LogP contribution >= 0.6 is 0 Å². The SMILES string of the molecule is CCOC(=O)C(NC(=O)C1CC(C)(C)CN1C)c1cccc(C)c1C. The number of ether oxygens (including phenoxy) is 1. The Balaban J connectivity index is 2.26. The molecule has 2 rings (SSSR count). The van der Waals surface area contributed by atoms with E-state index in [0.29, 0.717) is 0 Å². The lowest BCUT2D eigenvalue weighted by Crippen LogP contribution is -2.45. The summed E-state index contributed by atoms with van der Waals surface area (Å²) in [5.74, 6) is -0.531. The fraction of sp³-hybridized carbons (Fsp3) is 0.600. The molecule has 1 heterocycles. The Bertz CT molecular complexity index is 654. The number of rotatable bonds is 5. The molecule has 0 bridgehead atoms. The Morgan fingerprint density at radius 1 is 1.36 bits per heavy atom. The zero-order valence-corrected chi connectivity index (χ0v) is 16.2. The molecule has 25 heavy (non-hydrogen) atoms. The van der Waals surface area contributed by atoms with Gasteiger partial charge in [-0.1, -0.05) is 32.0 Å². The van der Waals surface area contributed by atoms with Gasteiger partial charge in [-0.3, -0.25) is 9.69 Å². The summed E-state index contributed by atoms with van der Waals surface area (Å²) in [4.78, 5) is 27.4. The molecule has 0 aromatic heterocycles. The smallest absolute Gasteiger partial charge is 0.333 e. The summed E-state index contributed by atoms with van der Waals surface area (Å²) in [6, 6.07) is 4.78. The topological polar surface area (TPSA) is 58.6 Å². The molecular formula is C20H30N2O3. The molecule has 5 heteroatoms. The van der Waals surface area contributed by atoms with Crippen LogP contribution in [-0.2, 0) is 14.3 Å². The van der Waals surface area contributed by atoms with Crippen molar-refractivity contribution in [2.24, 2.45) is 5.41 Å². The molecule has 2 unspecified atom stereocenters. The van der Waals surface area contributed by atoms with Crippen molar-refractivity contribution in [3.8, 4) is 0 Å². The van der Waals surface area contributed by atoms with Crippen LogP contribution in [-0.4, -0.2) is 43.0 Å². The third-order valence-corrected chi connectivity index (χ3v) is 5.02. The Morgan fingerprint density at radius 2 is 2.04 bits per heavy atom. The van der Waals surface area contributed by atoms with Crippen LogP contribution in [0.25, 0.3) is 0 Å². The lowest BCUT2D eigenvalue weighted by Gasteiger charge is -2.24. The maximum absolute atomic E-state index is 12.9. The van der Waals surface area contributed by atoms with Crippen LogP contribution in [0.2, 0.25) is 0 Å². The number of carbonyl (C=O) groups is 2. The van der Waals surface area contributed by atoms with Crippen molar-refractivity contribution in [3.63, 3.8) is 0 Å². The Hall–Kier alpha value is -1.88. The van der Waals surface area contributed by atoms with E-state index < -0.39 is 12.0 Å². The van der Waals surface area contributed by atoms with Crippen molar-refractivity contribution in [1.82, 2.24) is 10.2 Å². The van der Waals surface area contributed by atoms with E-state index in [1.807, 2.05) is 39.1 Å². The van der Waals surface area contributed by atoms with E-state index in [1.54, 1.807) is 6.92 Å². The van der Waals surface area contributed by atoms with Crippen LogP contribution in [0.3, 0.4) is 0 Å². The van der Waals surface area contributed by atoms with Crippen molar-refractivity contribution in [3.05, 3.63) is 34.9 Å². The van der Waals surface area contributed by atoms with Gasteiger partial charge < -0.3 is 10.1 Å². The molecule has 2 atom stereocenters. The van der Waals surface area contributed by atoms with Crippen molar-refractivity contribution in [2.75, 3.05) is 20.2 Å². The first-order valence-corrected chi connectivity index (χ1v) is 8.89. The zero-order valence-electron chi connectivity index (χ0n) is 16.2. The summed E-state index contributed by atoms with van der Waals surface area (Å²) in [6.07, 6.45) is 0.775. The average Bonchev–Trinajstić information content (AvgIpc) is 2.81. The molecule has 0 aliphatic carbocycles. The number of esters is 1. The number of nitrogens with one attached hydrogen (secondary N) is 1. The number of nitrogens with zero attached hydrogens (tertiary/aromatic N) is 1. The zero-order chi connectivity index (χ0) is 18.8. The van der Waals surface area contributed by atoms with Gasteiger partial charge in [0.1, 0.15) is 0 Å². The summed E-state index contributed by atoms with van der Waals surface area (Å²) in [7, 11) is 1.95. The van der Waals surface area contributed by atoms with Crippen LogP contribution < -0.4 is 5.32 Å². The molecule has 1 amide bonds. The second-order valence-electron chi connectivity index (χ2n) is 7.78. The lowest BCUT2D eigenvalue weighted by atomic mass is 9.90. The normalized spacial score (nSPS) is 21.0. The number of likely N-dealkylation sites (N-methyl/N-ethyl adjacent to an activating group) is 1. The molecular weight excluding hydrogens is 316 g/mol. The van der Waals surface area contributed by atoms with E-state index in [0.717, 1.165) is 29.7 Å². The summed E-state index contributed by atoms with van der Waals surface area (Å²) < 4.78 is 5.22. The van der Waals surface area contributed by atoms with Crippen LogP contribution in [0.5, 0.6) is 0 Å². The minimum absolute atomic E-state index is 0.0927. The molecule has 138 valence electrons. The molecule has 1 N–H and O–H groups in total. The highest BCUT2D eigenvalue weighted by atomic mass is 16.5. The highest BCUT2D eigenvalue weighted by Crippen LogP contribution is 2.33. The van der Waals surface area contributed by atoms with Crippen LogP contribution in [0.4, 0.5) is 0 Å². The fourth-order valence-corrected chi connectivity index (χ4v) is 3.64. The average molecular weight is 346 g/mol. The van der Waals surface area contributed by atoms with Gasteiger partial charge in [-0.25, -0.2) is 4.79 Å². The molecule has 1 aliphatic rings. The van der Waals surface area contributed by atoms with Crippen LogP contribution in [0.1, 0.15) is 49.9 Å². The highest BCUT2D eigenvalue weighted by molar-refractivity contribution is 5.88. The molecule has 0 spiro atoms. The van der Waals surface area contributed by atoms with E-state index in [4.69, 9.17) is 4.74 Å². The van der Waals surface area contributed by atoms with Gasteiger partial charge in [-0.05, 0) is 56.3 Å². The first-order chi connectivity index (χ1) is 11.7. The third-order valence-electron chi connectivity index (χ3n) is 5.02. The van der Waals surface area contributed by atoms with Gasteiger partial charge in [0, 0.05) is 6.54 Å². The number of benzene rings is 1. The first-order valence-electron chi connectivity index (χ1n) is 8.89.